The van der Waals surface area contributed by atoms with Crippen molar-refractivity contribution in [3.8, 4) is 11.1 Å². The lowest BCUT2D eigenvalue weighted by atomic mass is 9.94. The molecule has 2 N–H and O–H groups in total. The van der Waals surface area contributed by atoms with Gasteiger partial charge >= 0.3 is 6.03 Å². The van der Waals surface area contributed by atoms with Crippen LogP contribution in [0, 0.1) is 6.92 Å². The van der Waals surface area contributed by atoms with Crippen molar-refractivity contribution in [3.63, 3.8) is 0 Å². The van der Waals surface area contributed by atoms with Crippen molar-refractivity contribution in [2.24, 2.45) is 7.05 Å². The second-order valence-corrected chi connectivity index (χ2v) is 10.8. The Morgan fingerprint density at radius 1 is 1.00 bits per heavy atom. The van der Waals surface area contributed by atoms with Crippen LogP contribution in [0.25, 0.3) is 22.0 Å². The van der Waals surface area contributed by atoms with Crippen molar-refractivity contribution in [2.75, 3.05) is 23.1 Å². The van der Waals surface area contributed by atoms with Crippen molar-refractivity contribution < 1.29 is 4.79 Å². The van der Waals surface area contributed by atoms with Crippen molar-refractivity contribution in [3.05, 3.63) is 69.2 Å². The number of amides is 2. The molecule has 2 aromatic carbocycles. The Hall–Kier alpha value is -3.01. The highest BCUT2D eigenvalue weighted by molar-refractivity contribution is 7.99. The molecule has 10 heteroatoms. The van der Waals surface area contributed by atoms with Crippen LogP contribution in [0.3, 0.4) is 0 Å². The first-order chi connectivity index (χ1) is 17.7. The van der Waals surface area contributed by atoms with Crippen molar-refractivity contribution in [1.82, 2.24) is 14.5 Å². The minimum atomic E-state index is -0.567. The van der Waals surface area contributed by atoms with Crippen LogP contribution in [0.4, 0.5) is 16.2 Å². The lowest BCUT2D eigenvalue weighted by Gasteiger charge is -2.19. The number of urea groups is 1. The fourth-order valence-corrected chi connectivity index (χ4v) is 5.61. The van der Waals surface area contributed by atoms with Gasteiger partial charge in [0.15, 0.2) is 0 Å². The smallest absolute Gasteiger partial charge is 0.310 e. The second-order valence-electron chi connectivity index (χ2n) is 8.77. The molecule has 4 aromatic rings. The minimum Gasteiger partial charge on any atom is -0.310 e. The fourth-order valence-electron chi connectivity index (χ4n) is 4.17. The molecule has 2 amide bonds. The summed E-state index contributed by atoms with van der Waals surface area (Å²) in [4.78, 5) is 35.9. The van der Waals surface area contributed by atoms with Crippen molar-refractivity contribution >= 4 is 63.4 Å². The number of benzene rings is 2. The summed E-state index contributed by atoms with van der Waals surface area (Å²) < 4.78 is 1.55. The number of nitrogens with zero attached hydrogens (tertiary/aromatic N) is 3. The summed E-state index contributed by atoms with van der Waals surface area (Å²) in [7, 11) is 1.70. The third-order valence-corrected chi connectivity index (χ3v) is 7.74. The van der Waals surface area contributed by atoms with E-state index in [0.717, 1.165) is 16.5 Å². The number of carbonyl (C=O) groups is 1. The Bertz CT molecular complexity index is 1540. The molecular formula is C27H28ClN5O2S2. The van der Waals surface area contributed by atoms with Gasteiger partial charge in [0.2, 0.25) is 0 Å². The van der Waals surface area contributed by atoms with Gasteiger partial charge in [-0.05, 0) is 49.1 Å². The van der Waals surface area contributed by atoms with Crippen molar-refractivity contribution in [2.45, 2.75) is 36.7 Å². The van der Waals surface area contributed by atoms with E-state index in [0.29, 0.717) is 37.7 Å². The number of aryl methyl sites for hydroxylation is 2. The van der Waals surface area contributed by atoms with Gasteiger partial charge in [0.05, 0.1) is 5.52 Å². The summed E-state index contributed by atoms with van der Waals surface area (Å²) in [5, 5.41) is 8.31. The molecule has 2 heterocycles. The van der Waals surface area contributed by atoms with Gasteiger partial charge in [-0.3, -0.25) is 4.79 Å². The van der Waals surface area contributed by atoms with E-state index < -0.39 is 6.03 Å². The molecular weight excluding hydrogens is 526 g/mol. The van der Waals surface area contributed by atoms with E-state index >= 15 is 0 Å². The average molecular weight is 554 g/mol. The number of anilines is 2. The molecule has 0 spiro atoms. The first kappa shape index (κ1) is 27.0. The molecule has 0 saturated carbocycles. The van der Waals surface area contributed by atoms with E-state index in [9.17, 15) is 9.59 Å². The van der Waals surface area contributed by atoms with E-state index in [-0.39, 0.29) is 17.2 Å². The molecule has 0 aliphatic heterocycles. The summed E-state index contributed by atoms with van der Waals surface area (Å²) in [6, 6.07) is 12.8. The number of pyridine rings is 1. The highest BCUT2D eigenvalue weighted by atomic mass is 35.5. The molecule has 0 aliphatic rings. The molecule has 37 heavy (non-hydrogen) atoms. The summed E-state index contributed by atoms with van der Waals surface area (Å²) in [5.41, 5.74) is 3.41. The predicted molar refractivity (Wildman–Crippen MR) is 157 cm³/mol. The molecule has 0 unspecified atom stereocenters. The third-order valence-electron chi connectivity index (χ3n) is 6.05. The lowest BCUT2D eigenvalue weighted by Crippen LogP contribution is -2.29. The van der Waals surface area contributed by atoms with Crippen LogP contribution in [0.2, 0.25) is 5.02 Å². The van der Waals surface area contributed by atoms with Crippen LogP contribution >= 0.6 is 35.1 Å². The zero-order valence-electron chi connectivity index (χ0n) is 21.5. The van der Waals surface area contributed by atoms with Crippen LogP contribution in [-0.2, 0) is 7.05 Å². The maximum atomic E-state index is 13.6. The predicted octanol–water partition coefficient (Wildman–Crippen LogP) is 7.17. The molecule has 2 aromatic heterocycles. The van der Waals surface area contributed by atoms with E-state index in [1.807, 2.05) is 49.8 Å². The average Bonchev–Trinajstić information content (AvgIpc) is 2.88. The fraction of sp³-hybridized carbons (Fsp3) is 0.259. The highest BCUT2D eigenvalue weighted by Gasteiger charge is 2.22. The van der Waals surface area contributed by atoms with E-state index in [1.54, 1.807) is 17.7 Å². The van der Waals surface area contributed by atoms with E-state index in [1.165, 1.54) is 23.5 Å². The standard InChI is InChI=1S/C27H28ClN5O2S2/c1-14(2)16-11-12-20-18(13-16)21(17-9-7-8-10-19(17)28)22(26(34)33(20)4)31-27(35)32-23-24(36-5)29-15(3)30-25(23)37-6/h7-14H,1-6H3,(H2,31,32,35). The van der Waals surface area contributed by atoms with Gasteiger partial charge in [-0.25, -0.2) is 14.8 Å². The number of fused-ring (bicyclic) bond motifs is 1. The number of hydrogen-bond acceptors (Lipinski definition) is 6. The maximum absolute atomic E-state index is 13.6. The molecule has 0 atom stereocenters. The molecule has 192 valence electrons. The molecule has 7 nitrogen and oxygen atoms in total. The zero-order valence-corrected chi connectivity index (χ0v) is 23.9. The molecule has 0 fully saturated rings. The van der Waals surface area contributed by atoms with Gasteiger partial charge in [-0.2, -0.15) is 0 Å². The van der Waals surface area contributed by atoms with Crippen LogP contribution in [-0.4, -0.2) is 33.1 Å². The molecule has 0 bridgehead atoms. The normalized spacial score (nSPS) is 11.2. The Labute approximate surface area is 229 Å². The Morgan fingerprint density at radius 3 is 2.22 bits per heavy atom. The topological polar surface area (TPSA) is 88.9 Å². The number of aromatic nitrogens is 3. The van der Waals surface area contributed by atoms with Gasteiger partial charge in [0.25, 0.3) is 5.56 Å². The highest BCUT2D eigenvalue weighted by Crippen LogP contribution is 2.39. The zero-order chi connectivity index (χ0) is 26.9. The molecule has 0 radical (unpaired) electrons. The van der Waals surface area contributed by atoms with Crippen LogP contribution in [0.1, 0.15) is 31.2 Å². The largest absolute Gasteiger partial charge is 0.324 e. The molecule has 4 rings (SSSR count). The van der Waals surface area contributed by atoms with Gasteiger partial charge in [-0.15, -0.1) is 23.5 Å². The van der Waals surface area contributed by atoms with Gasteiger partial charge in [0, 0.05) is 28.6 Å². The number of halogens is 1. The lowest BCUT2D eigenvalue weighted by molar-refractivity contribution is 0.262. The quantitative estimate of drug-likeness (QED) is 0.194. The van der Waals surface area contributed by atoms with Crippen molar-refractivity contribution in [1.29, 1.82) is 0 Å². The summed E-state index contributed by atoms with van der Waals surface area (Å²) in [6.45, 7) is 6.03. The Morgan fingerprint density at radius 2 is 1.62 bits per heavy atom. The number of nitrogens with one attached hydrogen (secondary N) is 2. The van der Waals surface area contributed by atoms with Crippen LogP contribution < -0.4 is 16.2 Å². The van der Waals surface area contributed by atoms with Crippen LogP contribution in [0.5, 0.6) is 0 Å². The monoisotopic (exact) mass is 553 g/mol. The van der Waals surface area contributed by atoms with E-state index in [4.69, 9.17) is 11.6 Å². The summed E-state index contributed by atoms with van der Waals surface area (Å²) >= 11 is 9.45. The summed E-state index contributed by atoms with van der Waals surface area (Å²) in [5.74, 6) is 0.891. The van der Waals surface area contributed by atoms with E-state index in [2.05, 4.69) is 40.5 Å². The molecule has 0 saturated heterocycles. The van der Waals surface area contributed by atoms with Gasteiger partial charge in [-0.1, -0.05) is 49.7 Å². The number of thioether (sulfide) groups is 2. The van der Waals surface area contributed by atoms with Gasteiger partial charge < -0.3 is 15.2 Å². The van der Waals surface area contributed by atoms with Gasteiger partial charge in [0.1, 0.15) is 27.3 Å². The van der Waals surface area contributed by atoms with Crippen LogP contribution in [0.15, 0.2) is 57.3 Å². The molecule has 0 aliphatic carbocycles. The minimum absolute atomic E-state index is 0.144. The number of rotatable bonds is 6. The Balaban J connectivity index is 1.91. The first-order valence-corrected chi connectivity index (χ1v) is 14.4. The Kier molecular flexibility index (Phi) is 8.16. The second kappa shape index (κ2) is 11.2. The number of carbonyl (C=O) groups excluding carboxylic acids is 1. The summed E-state index contributed by atoms with van der Waals surface area (Å²) in [6.07, 6.45) is 3.77. The third kappa shape index (κ3) is 5.35. The number of hydrogen-bond donors (Lipinski definition) is 2. The SMILES string of the molecule is CSc1nc(C)nc(SC)c1NC(=O)Nc1c(-c2ccccc2Cl)c2cc(C(C)C)ccc2n(C)c1=O. The maximum Gasteiger partial charge on any atom is 0.324 e. The first-order valence-electron chi connectivity index (χ1n) is 11.6.